The first-order chi connectivity index (χ1) is 13.1. The molecule has 0 spiro atoms. The summed E-state index contributed by atoms with van der Waals surface area (Å²) in [5, 5.41) is 13.1. The van der Waals surface area contributed by atoms with Crippen LogP contribution in [-0.4, -0.2) is 31.5 Å². The maximum absolute atomic E-state index is 6.32. The Hall–Kier alpha value is -1.92. The Morgan fingerprint density at radius 3 is 2.74 bits per heavy atom. The van der Waals surface area contributed by atoms with E-state index in [2.05, 4.69) is 20.6 Å². The summed E-state index contributed by atoms with van der Waals surface area (Å²) >= 11 is 12.3. The number of hydrogen-bond donors (Lipinski definition) is 1. The van der Waals surface area contributed by atoms with Crippen LogP contribution in [0.5, 0.6) is 0 Å². The highest BCUT2D eigenvalue weighted by Gasteiger charge is 2.17. The van der Waals surface area contributed by atoms with Gasteiger partial charge >= 0.3 is 0 Å². The topological polar surface area (TPSA) is 68.5 Å². The molecule has 6 nitrogen and oxygen atoms in total. The molecule has 8 heteroatoms. The third-order valence-corrected chi connectivity index (χ3v) is 5.73. The number of aromatic nitrogens is 5. The van der Waals surface area contributed by atoms with Crippen molar-refractivity contribution in [2.45, 2.75) is 38.5 Å². The lowest BCUT2D eigenvalue weighted by molar-refractivity contribution is 0.373. The van der Waals surface area contributed by atoms with Crippen LogP contribution in [0.25, 0.3) is 11.2 Å². The molecule has 0 bridgehead atoms. The number of nitrogens with one attached hydrogen (secondary N) is 1. The first kappa shape index (κ1) is 18.4. The van der Waals surface area contributed by atoms with Gasteiger partial charge in [0.15, 0.2) is 17.0 Å². The smallest absolute Gasteiger partial charge is 0.183 e. The highest BCUT2D eigenvalue weighted by Crippen LogP contribution is 2.26. The van der Waals surface area contributed by atoms with Crippen molar-refractivity contribution in [3.63, 3.8) is 0 Å². The Bertz CT molecular complexity index is 949. The maximum Gasteiger partial charge on any atom is 0.183 e. The predicted octanol–water partition coefficient (Wildman–Crippen LogP) is 4.65. The zero-order chi connectivity index (χ0) is 18.8. The quantitative estimate of drug-likeness (QED) is 0.669. The number of hydrogen-bond acceptors (Lipinski definition) is 5. The number of nitrogens with zero attached hydrogens (tertiary/aromatic N) is 5. The maximum atomic E-state index is 6.32. The van der Waals surface area contributed by atoms with Gasteiger partial charge in [0.25, 0.3) is 0 Å². The monoisotopic (exact) mass is 404 g/mol. The van der Waals surface area contributed by atoms with Crippen LogP contribution in [-0.2, 0) is 13.5 Å². The molecule has 27 heavy (non-hydrogen) atoms. The summed E-state index contributed by atoms with van der Waals surface area (Å²) in [7, 11) is 1.84. The Morgan fingerprint density at radius 2 is 1.96 bits per heavy atom. The van der Waals surface area contributed by atoms with Crippen LogP contribution in [0, 0.1) is 5.92 Å². The van der Waals surface area contributed by atoms with Crippen LogP contribution in [0.15, 0.2) is 18.2 Å². The normalized spacial score (nSPS) is 15.4. The van der Waals surface area contributed by atoms with E-state index in [1.165, 1.54) is 32.1 Å². The van der Waals surface area contributed by atoms with Crippen molar-refractivity contribution in [1.82, 2.24) is 25.0 Å². The Morgan fingerprint density at radius 1 is 1.15 bits per heavy atom. The van der Waals surface area contributed by atoms with Crippen molar-refractivity contribution < 1.29 is 0 Å². The third kappa shape index (κ3) is 4.17. The molecular weight excluding hydrogens is 383 g/mol. The molecule has 0 amide bonds. The zero-order valence-electron chi connectivity index (χ0n) is 15.3. The van der Waals surface area contributed by atoms with Crippen molar-refractivity contribution in [3.05, 3.63) is 39.6 Å². The fourth-order valence-corrected chi connectivity index (χ4v) is 4.11. The van der Waals surface area contributed by atoms with Crippen molar-refractivity contribution in [2.24, 2.45) is 13.0 Å². The van der Waals surface area contributed by atoms with Crippen LogP contribution < -0.4 is 5.32 Å². The van der Waals surface area contributed by atoms with E-state index in [1.807, 2.05) is 19.2 Å². The minimum Gasteiger partial charge on any atom is -0.368 e. The Balaban J connectivity index is 1.61. The fraction of sp³-hybridized carbons (Fsp3) is 0.474. The SMILES string of the molecule is Cn1nnc2c(NCC3CCCCC3)nc(Cc3ccc(Cl)cc3Cl)nc21. The van der Waals surface area contributed by atoms with Gasteiger partial charge in [-0.1, -0.05) is 53.7 Å². The molecule has 0 atom stereocenters. The number of halogens is 2. The molecule has 0 aliphatic heterocycles. The molecular formula is C19H22Cl2N6. The summed E-state index contributed by atoms with van der Waals surface area (Å²) in [6.45, 7) is 0.907. The molecule has 0 radical (unpaired) electrons. The van der Waals surface area contributed by atoms with E-state index in [0.29, 0.717) is 33.7 Å². The summed E-state index contributed by atoms with van der Waals surface area (Å²) in [6, 6.07) is 5.48. The number of fused-ring (bicyclic) bond motifs is 1. The summed E-state index contributed by atoms with van der Waals surface area (Å²) in [6.07, 6.45) is 7.05. The average molecular weight is 405 g/mol. The van der Waals surface area contributed by atoms with E-state index in [9.17, 15) is 0 Å². The van der Waals surface area contributed by atoms with Gasteiger partial charge in [-0.15, -0.1) is 5.10 Å². The summed E-state index contributed by atoms with van der Waals surface area (Å²) < 4.78 is 1.68. The molecule has 4 rings (SSSR count). The van der Waals surface area contributed by atoms with Gasteiger partial charge in [0.2, 0.25) is 0 Å². The van der Waals surface area contributed by atoms with Crippen molar-refractivity contribution in [1.29, 1.82) is 0 Å². The van der Waals surface area contributed by atoms with Gasteiger partial charge in [-0.3, -0.25) is 0 Å². The fourth-order valence-electron chi connectivity index (χ4n) is 3.63. The number of benzene rings is 1. The first-order valence-corrected chi connectivity index (χ1v) is 10.1. The van der Waals surface area contributed by atoms with Gasteiger partial charge in [-0.05, 0) is 36.5 Å². The van der Waals surface area contributed by atoms with Crippen LogP contribution in [0.2, 0.25) is 10.0 Å². The predicted molar refractivity (Wildman–Crippen MR) is 108 cm³/mol. The molecule has 142 valence electrons. The third-order valence-electron chi connectivity index (χ3n) is 5.14. The van der Waals surface area contributed by atoms with Crippen LogP contribution in [0.4, 0.5) is 5.82 Å². The lowest BCUT2D eigenvalue weighted by Crippen LogP contribution is -2.18. The number of rotatable bonds is 5. The lowest BCUT2D eigenvalue weighted by atomic mass is 9.89. The standard InChI is InChI=1S/C19H22Cl2N6/c1-27-19-17(25-26-27)18(22-11-12-5-3-2-4-6-12)23-16(24-19)9-13-7-8-14(20)10-15(13)21/h7-8,10,12H,2-6,9,11H2,1H3,(H,22,23,24). The molecule has 2 aromatic heterocycles. The van der Waals surface area contributed by atoms with E-state index < -0.39 is 0 Å². The van der Waals surface area contributed by atoms with Gasteiger partial charge in [0.1, 0.15) is 5.82 Å². The van der Waals surface area contributed by atoms with Crippen molar-refractivity contribution >= 4 is 40.2 Å². The second-order valence-electron chi connectivity index (χ2n) is 7.17. The van der Waals surface area contributed by atoms with E-state index >= 15 is 0 Å². The molecule has 1 fully saturated rings. The molecule has 0 saturated heterocycles. The molecule has 0 unspecified atom stereocenters. The lowest BCUT2D eigenvalue weighted by Gasteiger charge is -2.22. The zero-order valence-corrected chi connectivity index (χ0v) is 16.8. The molecule has 1 aliphatic rings. The van der Waals surface area contributed by atoms with Crippen molar-refractivity contribution in [2.75, 3.05) is 11.9 Å². The number of aryl methyl sites for hydroxylation is 1. The van der Waals surface area contributed by atoms with Gasteiger partial charge in [0.05, 0.1) is 0 Å². The largest absolute Gasteiger partial charge is 0.368 e. The first-order valence-electron chi connectivity index (χ1n) is 9.34. The van der Waals surface area contributed by atoms with Gasteiger partial charge in [-0.25, -0.2) is 14.6 Å². The van der Waals surface area contributed by atoms with Gasteiger partial charge in [0, 0.05) is 30.1 Å². The molecule has 3 aromatic rings. The average Bonchev–Trinajstić information content (AvgIpc) is 3.04. The second-order valence-corrected chi connectivity index (χ2v) is 8.01. The minimum absolute atomic E-state index is 0.523. The molecule has 1 aliphatic carbocycles. The van der Waals surface area contributed by atoms with Crippen LogP contribution in [0.3, 0.4) is 0 Å². The van der Waals surface area contributed by atoms with Crippen LogP contribution in [0.1, 0.15) is 43.5 Å². The van der Waals surface area contributed by atoms with E-state index in [-0.39, 0.29) is 0 Å². The van der Waals surface area contributed by atoms with Gasteiger partial charge < -0.3 is 5.32 Å². The van der Waals surface area contributed by atoms with Crippen molar-refractivity contribution in [3.8, 4) is 0 Å². The Kier molecular flexibility index (Phi) is 5.45. The van der Waals surface area contributed by atoms with Gasteiger partial charge in [-0.2, -0.15) is 0 Å². The van der Waals surface area contributed by atoms with E-state index in [4.69, 9.17) is 28.2 Å². The number of anilines is 1. The highest BCUT2D eigenvalue weighted by molar-refractivity contribution is 6.35. The van der Waals surface area contributed by atoms with E-state index in [1.54, 1.807) is 10.7 Å². The molecule has 1 N–H and O–H groups in total. The summed E-state index contributed by atoms with van der Waals surface area (Å²) in [5.74, 6) is 2.12. The molecule has 1 aromatic carbocycles. The van der Waals surface area contributed by atoms with E-state index in [0.717, 1.165) is 23.6 Å². The van der Waals surface area contributed by atoms with Crippen LogP contribution >= 0.6 is 23.2 Å². The molecule has 1 saturated carbocycles. The highest BCUT2D eigenvalue weighted by atomic mass is 35.5. The summed E-state index contributed by atoms with van der Waals surface area (Å²) in [4.78, 5) is 9.37. The summed E-state index contributed by atoms with van der Waals surface area (Å²) in [5.41, 5.74) is 2.37. The second kappa shape index (κ2) is 7.98. The Labute approximate surface area is 168 Å². The minimum atomic E-state index is 0.523. The molecule has 2 heterocycles.